The Bertz CT molecular complexity index is 1190. The van der Waals surface area contributed by atoms with Crippen molar-refractivity contribution in [2.75, 3.05) is 34.5 Å². The molecule has 2 aromatic rings. The number of methoxy groups -OCH3 is 3. The summed E-state index contributed by atoms with van der Waals surface area (Å²) in [4.78, 5) is 50.2. The molecule has 3 atom stereocenters. The van der Waals surface area contributed by atoms with Crippen molar-refractivity contribution in [3.05, 3.63) is 41.5 Å². The molecule has 1 aliphatic rings. The second kappa shape index (κ2) is 11.2. The average Bonchev–Trinajstić information content (AvgIpc) is 3.65. The predicted molar refractivity (Wildman–Crippen MR) is 132 cm³/mol. The third-order valence-corrected chi connectivity index (χ3v) is 6.51. The number of hydrogen-bond donors (Lipinski definition) is 2. The summed E-state index contributed by atoms with van der Waals surface area (Å²) in [6.45, 7) is 4.72. The van der Waals surface area contributed by atoms with E-state index in [4.69, 9.17) is 23.7 Å². The third-order valence-electron chi connectivity index (χ3n) is 6.51. The van der Waals surface area contributed by atoms with E-state index in [1.807, 2.05) is 25.1 Å². The zero-order valence-corrected chi connectivity index (χ0v) is 21.7. The van der Waals surface area contributed by atoms with Crippen molar-refractivity contribution in [1.29, 1.82) is 0 Å². The first kappa shape index (κ1) is 28.0. The summed E-state index contributed by atoms with van der Waals surface area (Å²) >= 11 is 0. The highest BCUT2D eigenvalue weighted by Gasteiger charge is 2.53. The number of epoxide rings is 1. The Hall–Kier alpha value is -3.54. The SMILES string of the molecule is COc1cc(C(=O)O[C@H](C(=O)NCC(=O)N[C@H](C=O)C(C)(OC)OC)[C@@]2(C)CO2)c2cccc(C)c2c1. The molecular formula is C26H32N2O9. The third kappa shape index (κ3) is 6.07. The van der Waals surface area contributed by atoms with Crippen LogP contribution in [0.25, 0.3) is 10.8 Å². The van der Waals surface area contributed by atoms with Crippen LogP contribution >= 0.6 is 0 Å². The van der Waals surface area contributed by atoms with Gasteiger partial charge in [-0.3, -0.25) is 9.59 Å². The number of hydrogen-bond acceptors (Lipinski definition) is 9. The van der Waals surface area contributed by atoms with Crippen LogP contribution in [0.1, 0.15) is 29.8 Å². The van der Waals surface area contributed by atoms with Crippen molar-refractivity contribution >= 4 is 34.8 Å². The zero-order chi connectivity index (χ0) is 27.4. The molecule has 0 bridgehead atoms. The van der Waals surface area contributed by atoms with Gasteiger partial charge in [0.25, 0.3) is 5.91 Å². The number of esters is 1. The van der Waals surface area contributed by atoms with Gasteiger partial charge in [-0.05, 0) is 49.2 Å². The molecule has 1 heterocycles. The van der Waals surface area contributed by atoms with Crippen LogP contribution < -0.4 is 15.4 Å². The molecule has 2 N–H and O–H groups in total. The van der Waals surface area contributed by atoms with Gasteiger partial charge in [0.05, 0.1) is 25.8 Å². The highest BCUT2D eigenvalue weighted by atomic mass is 16.7. The van der Waals surface area contributed by atoms with E-state index in [0.29, 0.717) is 17.4 Å². The first-order valence-corrected chi connectivity index (χ1v) is 11.6. The van der Waals surface area contributed by atoms with E-state index in [1.54, 1.807) is 19.1 Å². The van der Waals surface area contributed by atoms with E-state index in [-0.39, 0.29) is 12.2 Å². The number of ether oxygens (including phenoxy) is 5. The fourth-order valence-corrected chi connectivity index (χ4v) is 3.80. The topological polar surface area (TPSA) is 142 Å². The number of fused-ring (bicyclic) bond motifs is 1. The van der Waals surface area contributed by atoms with Crippen molar-refractivity contribution in [3.8, 4) is 5.75 Å². The number of benzene rings is 2. The van der Waals surface area contributed by atoms with Crippen LogP contribution in [0.3, 0.4) is 0 Å². The molecule has 1 fully saturated rings. The Morgan fingerprint density at radius 1 is 1.16 bits per heavy atom. The van der Waals surface area contributed by atoms with Crippen LogP contribution in [-0.4, -0.2) is 82.1 Å². The number of amides is 2. The number of carbonyl (C=O) groups excluding carboxylic acids is 4. The van der Waals surface area contributed by atoms with Crippen molar-refractivity contribution in [2.45, 2.75) is 44.3 Å². The Kier molecular flexibility index (Phi) is 8.52. The predicted octanol–water partition coefficient (Wildman–Crippen LogP) is 1.28. The fourth-order valence-electron chi connectivity index (χ4n) is 3.80. The van der Waals surface area contributed by atoms with Gasteiger partial charge in [0, 0.05) is 14.2 Å². The monoisotopic (exact) mass is 516 g/mol. The number of nitrogens with one attached hydrogen (secondary N) is 2. The summed E-state index contributed by atoms with van der Waals surface area (Å²) in [6.07, 6.45) is -0.861. The van der Waals surface area contributed by atoms with Crippen LogP contribution in [0, 0.1) is 6.92 Å². The maximum absolute atomic E-state index is 13.3. The molecular weight excluding hydrogens is 484 g/mol. The van der Waals surface area contributed by atoms with Crippen LogP contribution in [0.4, 0.5) is 0 Å². The van der Waals surface area contributed by atoms with Gasteiger partial charge in [0.1, 0.15) is 23.7 Å². The molecule has 37 heavy (non-hydrogen) atoms. The minimum Gasteiger partial charge on any atom is -0.497 e. The highest BCUT2D eigenvalue weighted by molar-refractivity contribution is 6.07. The van der Waals surface area contributed by atoms with Crippen LogP contribution in [0.2, 0.25) is 0 Å². The van der Waals surface area contributed by atoms with E-state index in [2.05, 4.69) is 10.6 Å². The minimum absolute atomic E-state index is 0.190. The Labute approximate surface area is 214 Å². The van der Waals surface area contributed by atoms with E-state index >= 15 is 0 Å². The average molecular weight is 517 g/mol. The molecule has 1 saturated heterocycles. The summed E-state index contributed by atoms with van der Waals surface area (Å²) < 4.78 is 26.7. The van der Waals surface area contributed by atoms with Gasteiger partial charge in [0.2, 0.25) is 12.0 Å². The summed E-state index contributed by atoms with van der Waals surface area (Å²) in [5.41, 5.74) is 0.122. The first-order valence-electron chi connectivity index (χ1n) is 11.6. The van der Waals surface area contributed by atoms with E-state index in [1.165, 1.54) is 28.3 Å². The Morgan fingerprint density at radius 3 is 2.41 bits per heavy atom. The van der Waals surface area contributed by atoms with Gasteiger partial charge in [-0.2, -0.15) is 0 Å². The standard InChI is InChI=1S/C26H32N2O9/c1-15-8-7-9-17-18(15)10-16(33-4)11-19(17)24(32)37-22(25(2)14-36-25)23(31)27-12-21(30)28-20(13-29)26(3,34-5)35-6/h7-11,13,20,22H,12,14H2,1-6H3,(H,27,31)(H,28,30)/t20-,22-,25-/m1/s1. The second-order valence-corrected chi connectivity index (χ2v) is 9.05. The molecule has 0 saturated carbocycles. The molecule has 3 rings (SSSR count). The van der Waals surface area contributed by atoms with E-state index in [9.17, 15) is 19.2 Å². The molecule has 11 heteroatoms. The minimum atomic E-state index is -1.40. The van der Waals surface area contributed by atoms with Gasteiger partial charge in [-0.25, -0.2) is 4.79 Å². The molecule has 200 valence electrons. The zero-order valence-electron chi connectivity index (χ0n) is 21.7. The van der Waals surface area contributed by atoms with Crippen molar-refractivity contribution in [3.63, 3.8) is 0 Å². The van der Waals surface area contributed by atoms with Gasteiger partial charge in [0.15, 0.2) is 5.79 Å². The number of aryl methyl sites for hydroxylation is 1. The van der Waals surface area contributed by atoms with E-state index in [0.717, 1.165) is 10.9 Å². The molecule has 0 aromatic heterocycles. The fraction of sp³-hybridized carbons (Fsp3) is 0.462. The molecule has 0 radical (unpaired) electrons. The lowest BCUT2D eigenvalue weighted by molar-refractivity contribution is -0.208. The maximum atomic E-state index is 13.3. The van der Waals surface area contributed by atoms with Gasteiger partial charge >= 0.3 is 5.97 Å². The molecule has 2 aromatic carbocycles. The lowest BCUT2D eigenvalue weighted by Gasteiger charge is -2.32. The number of aldehydes is 1. The lowest BCUT2D eigenvalue weighted by atomic mass is 10.00. The molecule has 11 nitrogen and oxygen atoms in total. The summed E-state index contributed by atoms with van der Waals surface area (Å²) in [7, 11) is 4.15. The van der Waals surface area contributed by atoms with Crippen molar-refractivity contribution < 1.29 is 42.9 Å². The Balaban J connectivity index is 1.75. The quantitative estimate of drug-likeness (QED) is 0.185. The normalized spacial score (nSPS) is 18.4. The maximum Gasteiger partial charge on any atom is 0.339 e. The summed E-state index contributed by atoms with van der Waals surface area (Å²) in [5, 5.41) is 6.33. The second-order valence-electron chi connectivity index (χ2n) is 9.05. The van der Waals surface area contributed by atoms with E-state index < -0.39 is 47.9 Å². The largest absolute Gasteiger partial charge is 0.497 e. The van der Waals surface area contributed by atoms with Crippen molar-refractivity contribution in [1.82, 2.24) is 10.6 Å². The highest BCUT2D eigenvalue weighted by Crippen LogP contribution is 2.34. The summed E-state index contributed by atoms with van der Waals surface area (Å²) in [5.74, 6) is -3.08. The van der Waals surface area contributed by atoms with Crippen molar-refractivity contribution in [2.24, 2.45) is 0 Å². The Morgan fingerprint density at radius 2 is 1.84 bits per heavy atom. The van der Waals surface area contributed by atoms with Crippen LogP contribution in [0.15, 0.2) is 30.3 Å². The molecule has 0 aliphatic carbocycles. The van der Waals surface area contributed by atoms with Crippen LogP contribution in [0.5, 0.6) is 5.75 Å². The molecule has 0 unspecified atom stereocenters. The molecule has 1 aliphatic heterocycles. The molecule has 2 amide bonds. The van der Waals surface area contributed by atoms with Gasteiger partial charge in [-0.1, -0.05) is 18.2 Å². The van der Waals surface area contributed by atoms with Crippen LogP contribution in [-0.2, 0) is 33.3 Å². The number of carbonyl (C=O) groups is 4. The van der Waals surface area contributed by atoms with Gasteiger partial charge < -0.3 is 39.1 Å². The first-order chi connectivity index (χ1) is 17.5. The lowest BCUT2D eigenvalue weighted by Crippen LogP contribution is -2.56. The van der Waals surface area contributed by atoms with Gasteiger partial charge in [-0.15, -0.1) is 0 Å². The number of rotatable bonds is 12. The summed E-state index contributed by atoms with van der Waals surface area (Å²) in [6, 6.07) is 7.75. The smallest absolute Gasteiger partial charge is 0.339 e. The molecule has 0 spiro atoms.